The molecule has 0 aromatic rings. The first-order valence-corrected chi connectivity index (χ1v) is 13.1. The standard InChI is InChI=1S/C28H43NO6/c1-17-12-18(2)14-20(4)27(32)21(16-29)8-5-6-11-25(22-9-7-10-23(22)28(33)34)35-26(31)15-24(30)19(3)13-17/h5-6,8,17-20,22-25,27,30,32H,7,9-15H2,1-4H3,(H,33,34)/p-1/b6-5+,21-8-/t17-,18+,19-,20-,22+,23+,24-,25?,27+/m0/s1. The van der Waals surface area contributed by atoms with Crippen LogP contribution in [-0.4, -0.2) is 40.5 Å². The van der Waals surface area contributed by atoms with Gasteiger partial charge in [-0.15, -0.1) is 0 Å². The number of nitrogens with zero attached hydrogens (tertiary/aromatic N) is 1. The summed E-state index contributed by atoms with van der Waals surface area (Å²) in [6.07, 6.45) is 7.01. The van der Waals surface area contributed by atoms with Crippen molar-refractivity contribution in [2.75, 3.05) is 0 Å². The van der Waals surface area contributed by atoms with Crippen LogP contribution < -0.4 is 5.11 Å². The molecule has 1 aliphatic carbocycles. The van der Waals surface area contributed by atoms with Gasteiger partial charge in [0, 0.05) is 24.2 Å². The zero-order valence-corrected chi connectivity index (χ0v) is 21.6. The second-order valence-corrected chi connectivity index (χ2v) is 11.0. The number of carboxylic acids is 1. The summed E-state index contributed by atoms with van der Waals surface area (Å²) in [5.74, 6) is -2.24. The Morgan fingerprint density at radius 3 is 2.37 bits per heavy atom. The van der Waals surface area contributed by atoms with E-state index in [-0.39, 0.29) is 36.2 Å². The second kappa shape index (κ2) is 13.8. The number of carbonyl (C=O) groups excluding carboxylic acids is 2. The van der Waals surface area contributed by atoms with Crippen molar-refractivity contribution in [3.63, 3.8) is 0 Å². The molecule has 1 fully saturated rings. The fourth-order valence-electron chi connectivity index (χ4n) is 5.95. The van der Waals surface area contributed by atoms with Crippen LogP contribution in [0.4, 0.5) is 0 Å². The Morgan fingerprint density at radius 1 is 1.09 bits per heavy atom. The van der Waals surface area contributed by atoms with Crippen molar-refractivity contribution in [1.29, 1.82) is 5.26 Å². The molecule has 1 aliphatic heterocycles. The van der Waals surface area contributed by atoms with Gasteiger partial charge >= 0.3 is 5.97 Å². The summed E-state index contributed by atoms with van der Waals surface area (Å²) >= 11 is 0. The van der Waals surface area contributed by atoms with Gasteiger partial charge in [0.25, 0.3) is 0 Å². The van der Waals surface area contributed by atoms with E-state index in [4.69, 9.17) is 4.74 Å². The molecule has 0 saturated heterocycles. The van der Waals surface area contributed by atoms with Gasteiger partial charge < -0.3 is 24.9 Å². The Kier molecular flexibility index (Phi) is 11.5. The summed E-state index contributed by atoms with van der Waals surface area (Å²) in [4.78, 5) is 24.4. The lowest BCUT2D eigenvalue weighted by atomic mass is 9.82. The number of cyclic esters (lactones) is 1. The molecule has 0 amide bonds. The van der Waals surface area contributed by atoms with E-state index in [1.807, 2.05) is 13.8 Å². The first-order chi connectivity index (χ1) is 16.5. The molecule has 1 heterocycles. The lowest BCUT2D eigenvalue weighted by Gasteiger charge is -2.30. The molecule has 7 nitrogen and oxygen atoms in total. The van der Waals surface area contributed by atoms with Crippen LogP contribution in [0.5, 0.6) is 0 Å². The molecule has 7 heteroatoms. The number of aliphatic hydroxyl groups is 2. The van der Waals surface area contributed by atoms with Crippen LogP contribution in [-0.2, 0) is 14.3 Å². The molecule has 2 aliphatic rings. The van der Waals surface area contributed by atoms with Gasteiger partial charge in [-0.2, -0.15) is 5.26 Å². The number of ether oxygens (including phenoxy) is 1. The number of carbonyl (C=O) groups is 2. The maximum absolute atomic E-state index is 12.7. The average molecular weight is 489 g/mol. The predicted octanol–water partition coefficient (Wildman–Crippen LogP) is 3.30. The summed E-state index contributed by atoms with van der Waals surface area (Å²) < 4.78 is 5.74. The van der Waals surface area contributed by atoms with Gasteiger partial charge in [0.2, 0.25) is 0 Å². The van der Waals surface area contributed by atoms with Crippen molar-refractivity contribution in [2.24, 2.45) is 35.5 Å². The van der Waals surface area contributed by atoms with E-state index in [2.05, 4.69) is 19.9 Å². The first kappa shape index (κ1) is 29.1. The average Bonchev–Trinajstić information content (AvgIpc) is 3.27. The van der Waals surface area contributed by atoms with Gasteiger partial charge in [0.15, 0.2) is 0 Å². The number of carboxylic acid groups (broad SMARTS) is 1. The van der Waals surface area contributed by atoms with E-state index in [0.29, 0.717) is 24.7 Å². The zero-order valence-electron chi connectivity index (χ0n) is 21.6. The van der Waals surface area contributed by atoms with E-state index >= 15 is 0 Å². The molecule has 0 aromatic carbocycles. The lowest BCUT2D eigenvalue weighted by molar-refractivity contribution is -0.313. The molecule has 35 heavy (non-hydrogen) atoms. The number of rotatable bonds is 2. The molecule has 2 N–H and O–H groups in total. The topological polar surface area (TPSA) is 131 Å². The maximum atomic E-state index is 12.7. The predicted molar refractivity (Wildman–Crippen MR) is 130 cm³/mol. The highest BCUT2D eigenvalue weighted by molar-refractivity contribution is 5.71. The quantitative estimate of drug-likeness (QED) is 0.570. The van der Waals surface area contributed by atoms with Crippen LogP contribution >= 0.6 is 0 Å². The molecule has 1 unspecified atom stereocenters. The highest BCUT2D eigenvalue weighted by Gasteiger charge is 2.36. The number of nitriles is 1. The van der Waals surface area contributed by atoms with Gasteiger partial charge in [-0.3, -0.25) is 4.79 Å². The Labute approximate surface area is 209 Å². The molecular weight excluding hydrogens is 446 g/mol. The molecule has 0 aromatic heterocycles. The summed E-state index contributed by atoms with van der Waals surface area (Å²) in [6, 6.07) is 2.10. The van der Waals surface area contributed by atoms with Crippen LogP contribution in [0.2, 0.25) is 0 Å². The number of hydrogen-bond acceptors (Lipinski definition) is 7. The van der Waals surface area contributed by atoms with E-state index in [0.717, 1.165) is 25.7 Å². The third-order valence-electron chi connectivity index (χ3n) is 7.79. The minimum absolute atomic E-state index is 0.0885. The lowest BCUT2D eigenvalue weighted by Crippen LogP contribution is -2.39. The maximum Gasteiger partial charge on any atom is 0.308 e. The molecule has 9 atom stereocenters. The van der Waals surface area contributed by atoms with Crippen LogP contribution in [0, 0.1) is 46.8 Å². The Balaban J connectivity index is 2.30. The second-order valence-electron chi connectivity index (χ2n) is 11.0. The highest BCUT2D eigenvalue weighted by Crippen LogP contribution is 2.37. The van der Waals surface area contributed by atoms with E-state index in [9.17, 15) is 30.2 Å². The van der Waals surface area contributed by atoms with Crippen molar-refractivity contribution in [2.45, 2.75) is 97.4 Å². The fourth-order valence-corrected chi connectivity index (χ4v) is 5.95. The van der Waals surface area contributed by atoms with Crippen molar-refractivity contribution in [3.8, 4) is 6.07 Å². The zero-order chi connectivity index (χ0) is 26.1. The van der Waals surface area contributed by atoms with Crippen molar-refractivity contribution in [3.05, 3.63) is 23.8 Å². The highest BCUT2D eigenvalue weighted by atomic mass is 16.5. The Morgan fingerprint density at radius 2 is 1.74 bits per heavy atom. The van der Waals surface area contributed by atoms with Gasteiger partial charge in [-0.1, -0.05) is 46.3 Å². The Bertz CT molecular complexity index is 815. The minimum atomic E-state index is -1.13. The SMILES string of the molecule is C[C@@H]1C[C@H](C)C[C@H](C)[C@@H](O)CC(=O)OC([C@@H]2CCC[C@H]2C(=O)[O-])C/C=C/C=C(/C#N)[C@H](O)[C@@H](C)C1. The van der Waals surface area contributed by atoms with E-state index in [1.165, 1.54) is 0 Å². The third kappa shape index (κ3) is 8.77. The third-order valence-corrected chi connectivity index (χ3v) is 7.79. The van der Waals surface area contributed by atoms with E-state index in [1.54, 1.807) is 18.2 Å². The first-order valence-electron chi connectivity index (χ1n) is 13.1. The number of aliphatic hydroxyl groups excluding tert-OH is 2. The molecule has 0 radical (unpaired) electrons. The van der Waals surface area contributed by atoms with Crippen molar-refractivity contribution in [1.82, 2.24) is 0 Å². The molecule has 1 saturated carbocycles. The van der Waals surface area contributed by atoms with E-state index < -0.39 is 36.2 Å². The van der Waals surface area contributed by atoms with Gasteiger partial charge in [-0.05, 0) is 61.9 Å². The van der Waals surface area contributed by atoms with Crippen LogP contribution in [0.1, 0.15) is 79.1 Å². The summed E-state index contributed by atoms with van der Waals surface area (Å²) in [5.41, 5.74) is 0.272. The molecule has 0 bridgehead atoms. The monoisotopic (exact) mass is 488 g/mol. The van der Waals surface area contributed by atoms with Gasteiger partial charge in [0.1, 0.15) is 6.10 Å². The van der Waals surface area contributed by atoms with Crippen molar-refractivity contribution >= 4 is 11.9 Å². The van der Waals surface area contributed by atoms with Crippen LogP contribution in [0.3, 0.4) is 0 Å². The number of hydrogen-bond donors (Lipinski definition) is 2. The van der Waals surface area contributed by atoms with Gasteiger partial charge in [0.05, 0.1) is 30.3 Å². The number of aliphatic carboxylic acids is 1. The summed E-state index contributed by atoms with van der Waals surface area (Å²) in [5, 5.41) is 42.6. The van der Waals surface area contributed by atoms with Crippen LogP contribution in [0.25, 0.3) is 0 Å². The molecule has 0 spiro atoms. The summed E-state index contributed by atoms with van der Waals surface area (Å²) in [7, 11) is 0. The smallest absolute Gasteiger partial charge is 0.308 e. The van der Waals surface area contributed by atoms with Gasteiger partial charge in [-0.25, -0.2) is 0 Å². The number of allylic oxidation sites excluding steroid dienone is 2. The largest absolute Gasteiger partial charge is 0.550 e. The summed E-state index contributed by atoms with van der Waals surface area (Å²) in [6.45, 7) is 8.13. The van der Waals surface area contributed by atoms with Crippen molar-refractivity contribution < 1.29 is 29.6 Å². The Hall–Kier alpha value is -2.17. The fraction of sp³-hybridized carbons (Fsp3) is 0.750. The number of esters is 1. The normalized spacial score (nSPS) is 40.9. The minimum Gasteiger partial charge on any atom is -0.550 e. The molecular formula is C28H42NO6-. The molecule has 196 valence electrons. The molecule has 2 rings (SSSR count). The van der Waals surface area contributed by atoms with Crippen LogP contribution in [0.15, 0.2) is 23.8 Å².